The van der Waals surface area contributed by atoms with E-state index in [1.54, 1.807) is 0 Å². The maximum Gasteiger partial charge on any atom is 0.226 e. The molecule has 0 saturated carbocycles. The number of halogens is 2. The summed E-state index contributed by atoms with van der Waals surface area (Å²) in [5, 5.41) is 6.28. The maximum atomic E-state index is 11.8. The molecule has 2 rings (SSSR count). The van der Waals surface area contributed by atoms with E-state index in [-0.39, 0.29) is 5.91 Å². The number of hydrogen-bond acceptors (Lipinski definition) is 3. The Balaban J connectivity index is 1.73. The van der Waals surface area contributed by atoms with E-state index in [0.717, 1.165) is 27.7 Å². The molecule has 0 bridgehead atoms. The molecule has 1 heterocycles. The van der Waals surface area contributed by atoms with Crippen LogP contribution in [0.1, 0.15) is 16.3 Å². The monoisotopic (exact) mass is 328 g/mol. The summed E-state index contributed by atoms with van der Waals surface area (Å²) in [6.07, 6.45) is 1.09. The number of aromatic nitrogens is 1. The van der Waals surface area contributed by atoms with Crippen molar-refractivity contribution in [3.05, 3.63) is 50.9 Å². The van der Waals surface area contributed by atoms with Crippen molar-refractivity contribution in [3.63, 3.8) is 0 Å². The third kappa shape index (κ3) is 4.78. The van der Waals surface area contributed by atoms with Gasteiger partial charge in [-0.25, -0.2) is 4.98 Å². The Morgan fingerprint density at radius 3 is 2.70 bits per heavy atom. The summed E-state index contributed by atoms with van der Waals surface area (Å²) in [6.45, 7) is 0.605. The maximum absolute atomic E-state index is 11.8. The molecule has 0 saturated heterocycles. The van der Waals surface area contributed by atoms with Crippen molar-refractivity contribution in [2.45, 2.75) is 18.7 Å². The van der Waals surface area contributed by atoms with Gasteiger partial charge in [0.05, 0.1) is 18.0 Å². The average Bonchev–Trinajstić information content (AvgIpc) is 2.88. The van der Waals surface area contributed by atoms with E-state index in [4.69, 9.17) is 23.2 Å². The lowest BCUT2D eigenvalue weighted by Gasteiger charge is -2.04. The highest BCUT2D eigenvalue weighted by Gasteiger charge is 2.07. The van der Waals surface area contributed by atoms with Gasteiger partial charge in [-0.05, 0) is 24.1 Å². The average molecular weight is 329 g/mol. The van der Waals surface area contributed by atoms with Gasteiger partial charge in [-0.1, -0.05) is 23.7 Å². The normalized spacial score (nSPS) is 10.5. The van der Waals surface area contributed by atoms with Crippen LogP contribution in [0.5, 0.6) is 0 Å². The number of nitrogens with zero attached hydrogens (tertiary/aromatic N) is 1. The van der Waals surface area contributed by atoms with Gasteiger partial charge in [0.15, 0.2) is 0 Å². The molecule has 0 atom stereocenters. The highest BCUT2D eigenvalue weighted by atomic mass is 35.5. The zero-order valence-electron chi connectivity index (χ0n) is 10.7. The van der Waals surface area contributed by atoms with E-state index in [2.05, 4.69) is 10.3 Å². The standard InChI is InChI=1S/C14H14Cl2N2OS/c15-8-12-9-20-14(18-12)7-13(19)17-6-5-10-1-3-11(16)4-2-10/h1-4,9H,5-8H2,(H,17,19). The number of carbonyl (C=O) groups excluding carboxylic acids is 1. The van der Waals surface area contributed by atoms with Gasteiger partial charge in [-0.15, -0.1) is 22.9 Å². The van der Waals surface area contributed by atoms with Crippen molar-refractivity contribution in [1.82, 2.24) is 10.3 Å². The summed E-state index contributed by atoms with van der Waals surface area (Å²) >= 11 is 13.0. The Hall–Kier alpha value is -1.10. The Morgan fingerprint density at radius 2 is 2.05 bits per heavy atom. The van der Waals surface area contributed by atoms with E-state index in [1.807, 2.05) is 29.6 Å². The minimum atomic E-state index is -0.0190. The molecule has 0 aliphatic heterocycles. The zero-order valence-corrected chi connectivity index (χ0v) is 13.1. The number of nitrogens with one attached hydrogen (secondary N) is 1. The molecule has 0 spiro atoms. The molecule has 2 aromatic rings. The third-order valence-electron chi connectivity index (χ3n) is 2.70. The van der Waals surface area contributed by atoms with Gasteiger partial charge in [0.25, 0.3) is 0 Å². The lowest BCUT2D eigenvalue weighted by atomic mass is 10.1. The smallest absolute Gasteiger partial charge is 0.226 e. The number of hydrogen-bond donors (Lipinski definition) is 1. The Kier molecular flexibility index (Phi) is 5.83. The molecule has 3 nitrogen and oxygen atoms in total. The molecule has 1 aromatic heterocycles. The zero-order chi connectivity index (χ0) is 14.4. The Labute approximate surface area is 131 Å². The molecule has 0 unspecified atom stereocenters. The lowest BCUT2D eigenvalue weighted by molar-refractivity contribution is -0.120. The van der Waals surface area contributed by atoms with E-state index < -0.39 is 0 Å². The third-order valence-corrected chi connectivity index (χ3v) is 4.12. The van der Waals surface area contributed by atoms with Gasteiger partial charge in [0, 0.05) is 16.9 Å². The van der Waals surface area contributed by atoms with Gasteiger partial charge in [-0.2, -0.15) is 0 Å². The van der Waals surface area contributed by atoms with Crippen LogP contribution in [0, 0.1) is 0 Å². The SMILES string of the molecule is O=C(Cc1nc(CCl)cs1)NCCc1ccc(Cl)cc1. The fourth-order valence-electron chi connectivity index (χ4n) is 1.69. The van der Waals surface area contributed by atoms with Crippen molar-refractivity contribution in [1.29, 1.82) is 0 Å². The molecule has 0 radical (unpaired) electrons. The Bertz CT molecular complexity index is 569. The van der Waals surface area contributed by atoms with Gasteiger partial charge in [-0.3, -0.25) is 4.79 Å². The molecule has 1 amide bonds. The summed E-state index contributed by atoms with van der Waals surface area (Å²) in [7, 11) is 0. The lowest BCUT2D eigenvalue weighted by Crippen LogP contribution is -2.27. The first-order valence-corrected chi connectivity index (χ1v) is 7.97. The first-order chi connectivity index (χ1) is 9.67. The fraction of sp³-hybridized carbons (Fsp3) is 0.286. The molecule has 0 aliphatic rings. The summed E-state index contributed by atoms with van der Waals surface area (Å²) in [6, 6.07) is 7.62. The molecular weight excluding hydrogens is 315 g/mol. The highest BCUT2D eigenvalue weighted by Crippen LogP contribution is 2.12. The van der Waals surface area contributed by atoms with Gasteiger partial charge in [0.1, 0.15) is 5.01 Å². The van der Waals surface area contributed by atoms with E-state index >= 15 is 0 Å². The molecule has 6 heteroatoms. The first-order valence-electron chi connectivity index (χ1n) is 6.18. The Morgan fingerprint density at radius 1 is 1.30 bits per heavy atom. The van der Waals surface area contributed by atoms with Crippen LogP contribution in [0.15, 0.2) is 29.6 Å². The second-order valence-corrected chi connectivity index (χ2v) is 5.92. The van der Waals surface area contributed by atoms with Gasteiger partial charge in [0.2, 0.25) is 5.91 Å². The molecule has 1 aromatic carbocycles. The van der Waals surface area contributed by atoms with Crippen LogP contribution >= 0.6 is 34.5 Å². The minimum absolute atomic E-state index is 0.0190. The van der Waals surface area contributed by atoms with Crippen LogP contribution in [0.4, 0.5) is 0 Å². The van der Waals surface area contributed by atoms with E-state index in [1.165, 1.54) is 11.3 Å². The summed E-state index contributed by atoms with van der Waals surface area (Å²) in [5.41, 5.74) is 1.97. The summed E-state index contributed by atoms with van der Waals surface area (Å²) in [5.74, 6) is 0.365. The molecule has 0 aliphatic carbocycles. The van der Waals surface area contributed by atoms with Crippen LogP contribution in [-0.4, -0.2) is 17.4 Å². The van der Waals surface area contributed by atoms with Crippen molar-refractivity contribution in [3.8, 4) is 0 Å². The van der Waals surface area contributed by atoms with Crippen LogP contribution in [0.2, 0.25) is 5.02 Å². The van der Waals surface area contributed by atoms with Crippen molar-refractivity contribution >= 4 is 40.4 Å². The molecular formula is C14H14Cl2N2OS. The summed E-state index contributed by atoms with van der Waals surface area (Å²) < 4.78 is 0. The second kappa shape index (κ2) is 7.62. The van der Waals surface area contributed by atoms with Crippen molar-refractivity contribution in [2.24, 2.45) is 0 Å². The molecule has 0 fully saturated rings. The number of amides is 1. The van der Waals surface area contributed by atoms with E-state index in [9.17, 15) is 4.79 Å². The molecule has 1 N–H and O–H groups in total. The van der Waals surface area contributed by atoms with Crippen molar-refractivity contribution < 1.29 is 4.79 Å². The largest absolute Gasteiger partial charge is 0.355 e. The summed E-state index contributed by atoms with van der Waals surface area (Å²) in [4.78, 5) is 16.0. The predicted molar refractivity (Wildman–Crippen MR) is 83.5 cm³/mol. The highest BCUT2D eigenvalue weighted by molar-refractivity contribution is 7.09. The quantitative estimate of drug-likeness (QED) is 0.825. The topological polar surface area (TPSA) is 42.0 Å². The number of carbonyl (C=O) groups is 1. The van der Waals surface area contributed by atoms with Gasteiger partial charge < -0.3 is 5.32 Å². The van der Waals surface area contributed by atoms with Crippen molar-refractivity contribution in [2.75, 3.05) is 6.54 Å². The second-order valence-electron chi connectivity index (χ2n) is 4.27. The molecule has 106 valence electrons. The van der Waals surface area contributed by atoms with E-state index in [0.29, 0.717) is 18.8 Å². The van der Waals surface area contributed by atoms with Crippen LogP contribution in [-0.2, 0) is 23.5 Å². The van der Waals surface area contributed by atoms with Crippen LogP contribution in [0.25, 0.3) is 0 Å². The van der Waals surface area contributed by atoms with Gasteiger partial charge >= 0.3 is 0 Å². The number of alkyl halides is 1. The predicted octanol–water partition coefficient (Wildman–Crippen LogP) is 3.44. The number of thiazole rings is 1. The molecule has 20 heavy (non-hydrogen) atoms. The minimum Gasteiger partial charge on any atom is -0.355 e. The number of rotatable bonds is 6. The van der Waals surface area contributed by atoms with Crippen LogP contribution < -0.4 is 5.32 Å². The fourth-order valence-corrected chi connectivity index (χ4v) is 2.84. The first kappa shape index (κ1) is 15.3. The number of benzene rings is 1. The van der Waals surface area contributed by atoms with Crippen LogP contribution in [0.3, 0.4) is 0 Å².